The quantitative estimate of drug-likeness (QED) is 0.221. The molecule has 0 bridgehead atoms. The van der Waals surface area contributed by atoms with Crippen LogP contribution in [0.3, 0.4) is 0 Å². The van der Waals surface area contributed by atoms with E-state index in [1.807, 2.05) is 24.0 Å². The number of piperidine rings is 1. The van der Waals surface area contributed by atoms with Crippen molar-refractivity contribution in [2.45, 2.75) is 29.4 Å². The van der Waals surface area contributed by atoms with Crippen molar-refractivity contribution in [1.29, 1.82) is 0 Å². The Morgan fingerprint density at radius 2 is 1.66 bits per heavy atom. The monoisotopic (exact) mass is 506 g/mol. The Morgan fingerprint density at radius 1 is 0.943 bits per heavy atom. The molecular formula is C28H30N2O3S2. The maximum atomic E-state index is 12.5. The van der Waals surface area contributed by atoms with Crippen LogP contribution in [-0.2, 0) is 15.9 Å². The molecule has 5 nitrogen and oxygen atoms in total. The third-order valence-electron chi connectivity index (χ3n) is 6.64. The van der Waals surface area contributed by atoms with Gasteiger partial charge in [-0.15, -0.1) is 0 Å². The molecule has 1 aromatic heterocycles. The molecule has 0 amide bonds. The molecule has 0 aliphatic carbocycles. The third kappa shape index (κ3) is 5.92. The van der Waals surface area contributed by atoms with Gasteiger partial charge in [-0.25, -0.2) is 0 Å². The fourth-order valence-corrected chi connectivity index (χ4v) is 6.62. The van der Waals surface area contributed by atoms with Crippen LogP contribution in [0.15, 0.2) is 90.0 Å². The minimum atomic E-state index is -3.85. The highest BCUT2D eigenvalue weighted by atomic mass is 32.2. The van der Waals surface area contributed by atoms with Crippen molar-refractivity contribution in [1.82, 2.24) is 9.88 Å². The Hall–Kier alpha value is -2.74. The molecule has 182 valence electrons. The zero-order valence-electron chi connectivity index (χ0n) is 19.6. The van der Waals surface area contributed by atoms with E-state index in [-0.39, 0.29) is 4.90 Å². The van der Waals surface area contributed by atoms with Crippen molar-refractivity contribution >= 4 is 32.8 Å². The first-order valence-corrected chi connectivity index (χ1v) is 14.6. The Balaban J connectivity index is 1.11. The number of thioether (sulfide) groups is 1. The van der Waals surface area contributed by atoms with E-state index in [1.165, 1.54) is 49.2 Å². The van der Waals surface area contributed by atoms with Crippen LogP contribution in [0.2, 0.25) is 0 Å². The Labute approximate surface area is 211 Å². The number of likely N-dealkylation sites (tertiary alicyclic amines) is 1. The number of nitrogens with zero attached hydrogens (tertiary/aromatic N) is 1. The molecule has 5 rings (SSSR count). The van der Waals surface area contributed by atoms with Crippen LogP contribution >= 0.6 is 11.8 Å². The number of H-pyrrole nitrogens is 1. The van der Waals surface area contributed by atoms with Crippen molar-refractivity contribution in [2.75, 3.05) is 25.4 Å². The van der Waals surface area contributed by atoms with Gasteiger partial charge in [0.1, 0.15) is 10.6 Å². The van der Waals surface area contributed by atoms with E-state index in [0.29, 0.717) is 11.7 Å². The van der Waals surface area contributed by atoms with Crippen LogP contribution in [0.4, 0.5) is 0 Å². The first kappa shape index (κ1) is 24.0. The first-order chi connectivity index (χ1) is 17.1. The van der Waals surface area contributed by atoms with Crippen LogP contribution in [0.1, 0.15) is 29.9 Å². The summed E-state index contributed by atoms with van der Waals surface area (Å²) < 4.78 is 30.3. The average molecular weight is 507 g/mol. The summed E-state index contributed by atoms with van der Waals surface area (Å²) >= 11 is 1.94. The van der Waals surface area contributed by atoms with E-state index in [1.54, 1.807) is 30.3 Å². The Kier molecular flexibility index (Phi) is 7.46. The second-order valence-corrected chi connectivity index (χ2v) is 11.6. The summed E-state index contributed by atoms with van der Waals surface area (Å²) in [6.07, 6.45) is 4.49. The Morgan fingerprint density at radius 3 is 2.40 bits per heavy atom. The molecule has 3 aromatic carbocycles. The van der Waals surface area contributed by atoms with Crippen LogP contribution in [0.5, 0.6) is 5.75 Å². The maximum absolute atomic E-state index is 12.5. The smallest absolute Gasteiger partial charge is 0.339 e. The van der Waals surface area contributed by atoms with Gasteiger partial charge in [-0.3, -0.25) is 0 Å². The molecule has 0 spiro atoms. The summed E-state index contributed by atoms with van der Waals surface area (Å²) in [5.41, 5.74) is 3.58. The highest BCUT2D eigenvalue weighted by Crippen LogP contribution is 2.29. The van der Waals surface area contributed by atoms with Crippen LogP contribution in [0, 0.1) is 0 Å². The second-order valence-electron chi connectivity index (χ2n) is 8.95. The molecule has 1 fully saturated rings. The molecule has 1 aliphatic heterocycles. The number of hydrogen-bond acceptors (Lipinski definition) is 5. The lowest BCUT2D eigenvalue weighted by Gasteiger charge is -2.32. The number of hydrogen-bond donors (Lipinski definition) is 1. The number of aromatic nitrogens is 1. The van der Waals surface area contributed by atoms with E-state index in [0.717, 1.165) is 29.0 Å². The van der Waals surface area contributed by atoms with E-state index in [2.05, 4.69) is 40.2 Å². The van der Waals surface area contributed by atoms with E-state index in [9.17, 15) is 8.42 Å². The molecular weight excluding hydrogens is 476 g/mol. The molecule has 35 heavy (non-hydrogen) atoms. The molecule has 1 saturated heterocycles. The molecule has 1 N–H and O–H groups in total. The zero-order valence-corrected chi connectivity index (χ0v) is 21.2. The van der Waals surface area contributed by atoms with Gasteiger partial charge in [0.2, 0.25) is 0 Å². The fourth-order valence-electron chi connectivity index (χ4n) is 4.69. The molecule has 7 heteroatoms. The SMILES string of the molecule is O=S(=O)(Oc1ccc2c(CSCCN3CCC(c4ccccc4)CC3)c[nH]c2c1)c1ccccc1. The van der Waals surface area contributed by atoms with Crippen molar-refractivity contribution < 1.29 is 12.6 Å². The Bertz CT molecular complexity index is 1350. The van der Waals surface area contributed by atoms with Gasteiger partial charge in [-0.2, -0.15) is 20.2 Å². The summed E-state index contributed by atoms with van der Waals surface area (Å²) in [5.74, 6) is 3.02. The lowest BCUT2D eigenvalue weighted by molar-refractivity contribution is 0.224. The van der Waals surface area contributed by atoms with Crippen molar-refractivity contribution in [3.8, 4) is 5.75 Å². The first-order valence-electron chi connectivity index (χ1n) is 12.0. The minimum absolute atomic E-state index is 0.146. The fraction of sp³-hybridized carbons (Fsp3) is 0.286. The molecule has 0 atom stereocenters. The predicted octanol–water partition coefficient (Wildman–Crippen LogP) is 6.05. The van der Waals surface area contributed by atoms with E-state index < -0.39 is 10.1 Å². The summed E-state index contributed by atoms with van der Waals surface area (Å²) in [6.45, 7) is 3.45. The minimum Gasteiger partial charge on any atom is -0.379 e. The summed E-state index contributed by atoms with van der Waals surface area (Å²) in [6, 6.07) is 24.5. The lowest BCUT2D eigenvalue weighted by atomic mass is 9.89. The topological polar surface area (TPSA) is 62.4 Å². The summed E-state index contributed by atoms with van der Waals surface area (Å²) in [5, 5.41) is 1.10. The number of aromatic amines is 1. The molecule has 0 saturated carbocycles. The van der Waals surface area contributed by atoms with Gasteiger partial charge in [-0.05, 0) is 67.2 Å². The van der Waals surface area contributed by atoms with Gasteiger partial charge in [0, 0.05) is 41.2 Å². The standard InChI is InChI=1S/C28H30N2O3S2/c31-35(32,26-9-5-2-6-10-26)33-25-11-12-27-24(20-29-28(27)19-25)21-34-18-17-30-15-13-23(14-16-30)22-7-3-1-4-8-22/h1-12,19-20,23,29H,13-18,21H2. The maximum Gasteiger partial charge on any atom is 0.339 e. The lowest BCUT2D eigenvalue weighted by Crippen LogP contribution is -2.34. The van der Waals surface area contributed by atoms with Gasteiger partial charge in [-0.1, -0.05) is 48.5 Å². The number of rotatable bonds is 9. The van der Waals surface area contributed by atoms with Crippen molar-refractivity contribution in [3.63, 3.8) is 0 Å². The average Bonchev–Trinajstić information content (AvgIpc) is 3.30. The van der Waals surface area contributed by atoms with Gasteiger partial charge in [0.15, 0.2) is 0 Å². The third-order valence-corrected chi connectivity index (χ3v) is 8.89. The molecule has 0 unspecified atom stereocenters. The molecule has 4 aromatic rings. The van der Waals surface area contributed by atoms with Gasteiger partial charge in [0.05, 0.1) is 0 Å². The number of fused-ring (bicyclic) bond motifs is 1. The van der Waals surface area contributed by atoms with Crippen LogP contribution < -0.4 is 4.18 Å². The van der Waals surface area contributed by atoms with Crippen molar-refractivity contribution in [2.24, 2.45) is 0 Å². The molecule has 1 aliphatic rings. The van der Waals surface area contributed by atoms with Crippen LogP contribution in [-0.4, -0.2) is 43.7 Å². The highest BCUT2D eigenvalue weighted by molar-refractivity contribution is 7.98. The van der Waals surface area contributed by atoms with Gasteiger partial charge >= 0.3 is 10.1 Å². The largest absolute Gasteiger partial charge is 0.379 e. The summed E-state index contributed by atoms with van der Waals surface area (Å²) in [7, 11) is -3.85. The normalized spacial score (nSPS) is 15.4. The molecule has 0 radical (unpaired) electrons. The molecule has 2 heterocycles. The second kappa shape index (κ2) is 10.9. The van der Waals surface area contributed by atoms with Gasteiger partial charge < -0.3 is 14.1 Å². The van der Waals surface area contributed by atoms with Crippen LogP contribution in [0.25, 0.3) is 10.9 Å². The predicted molar refractivity (Wildman–Crippen MR) is 144 cm³/mol. The van der Waals surface area contributed by atoms with E-state index in [4.69, 9.17) is 4.18 Å². The zero-order chi connectivity index (χ0) is 24.1. The van der Waals surface area contributed by atoms with Crippen molar-refractivity contribution in [3.05, 3.63) is 96.2 Å². The number of nitrogens with one attached hydrogen (secondary N) is 1. The van der Waals surface area contributed by atoms with E-state index >= 15 is 0 Å². The van der Waals surface area contributed by atoms with Gasteiger partial charge in [0.25, 0.3) is 0 Å². The number of benzene rings is 3. The summed E-state index contributed by atoms with van der Waals surface area (Å²) in [4.78, 5) is 5.99. The highest BCUT2D eigenvalue weighted by Gasteiger charge is 2.20.